The van der Waals surface area contributed by atoms with Crippen LogP contribution in [-0.4, -0.2) is 16.2 Å². The maximum absolute atomic E-state index is 5.59. The number of nitrogens with zero attached hydrogens (tertiary/aromatic N) is 2. The van der Waals surface area contributed by atoms with E-state index < -0.39 is 0 Å². The van der Waals surface area contributed by atoms with E-state index in [0.29, 0.717) is 22.4 Å². The smallest absolute Gasteiger partial charge is 0.189 e. The van der Waals surface area contributed by atoms with Crippen molar-refractivity contribution in [1.82, 2.24) is 9.97 Å². The average molecular weight is 182 g/mol. The van der Waals surface area contributed by atoms with Gasteiger partial charge in [0.2, 0.25) is 0 Å². The summed E-state index contributed by atoms with van der Waals surface area (Å²) in [6.45, 7) is 3.57. The van der Waals surface area contributed by atoms with Crippen molar-refractivity contribution in [1.29, 1.82) is 0 Å². The number of anilines is 2. The highest BCUT2D eigenvalue weighted by Crippen LogP contribution is 2.20. The molecule has 0 fully saturated rings. The molecular formula is C7H10N4S. The van der Waals surface area contributed by atoms with E-state index in [1.165, 1.54) is 11.8 Å². The molecule has 5 heteroatoms. The lowest BCUT2D eigenvalue weighted by Gasteiger charge is -2.04. The molecule has 64 valence electrons. The van der Waals surface area contributed by atoms with E-state index in [2.05, 4.69) is 16.5 Å². The largest absolute Gasteiger partial charge is 0.394 e. The normalized spacial score (nSPS) is 9.75. The van der Waals surface area contributed by atoms with Crippen LogP contribution in [0.1, 0.15) is 5.69 Å². The summed E-state index contributed by atoms with van der Waals surface area (Å²) in [7, 11) is 0. The van der Waals surface area contributed by atoms with E-state index in [1.54, 1.807) is 6.08 Å². The molecule has 0 aliphatic heterocycles. The Labute approximate surface area is 75.1 Å². The Balaban J connectivity index is 3.28. The minimum atomic E-state index is 0.309. The molecule has 4 N–H and O–H groups in total. The molecule has 0 saturated carbocycles. The van der Waals surface area contributed by atoms with Crippen molar-refractivity contribution in [3.05, 3.63) is 12.3 Å². The van der Waals surface area contributed by atoms with Crippen LogP contribution in [0.5, 0.6) is 0 Å². The summed E-state index contributed by atoms with van der Waals surface area (Å²) in [5, 5.41) is 0.608. The topological polar surface area (TPSA) is 77.8 Å². The Morgan fingerprint density at radius 1 is 1.42 bits per heavy atom. The molecule has 0 radical (unpaired) electrons. The van der Waals surface area contributed by atoms with Crippen molar-refractivity contribution in [3.8, 4) is 0 Å². The Hall–Kier alpha value is -1.23. The molecule has 0 aliphatic rings. The second-order valence-corrected chi connectivity index (χ2v) is 2.87. The molecule has 0 aromatic carbocycles. The third-order valence-corrected chi connectivity index (χ3v) is 1.91. The number of nitrogen functional groups attached to an aromatic ring is 2. The van der Waals surface area contributed by atoms with Gasteiger partial charge in [0.05, 0.1) is 5.69 Å². The number of hydrogen-bond acceptors (Lipinski definition) is 5. The summed E-state index contributed by atoms with van der Waals surface area (Å²) < 4.78 is 0. The van der Waals surface area contributed by atoms with E-state index in [0.717, 1.165) is 0 Å². The van der Waals surface area contributed by atoms with E-state index in [9.17, 15) is 0 Å². The molecule has 0 bridgehead atoms. The lowest BCUT2D eigenvalue weighted by Crippen LogP contribution is -2.03. The summed E-state index contributed by atoms with van der Waals surface area (Å²) in [6, 6.07) is 0. The van der Waals surface area contributed by atoms with E-state index in [1.807, 2.05) is 6.26 Å². The van der Waals surface area contributed by atoms with Gasteiger partial charge in [0.15, 0.2) is 11.0 Å². The van der Waals surface area contributed by atoms with Gasteiger partial charge in [-0.05, 0) is 12.3 Å². The number of nitrogens with two attached hydrogens (primary N) is 2. The second kappa shape index (κ2) is 3.44. The first kappa shape index (κ1) is 8.86. The van der Waals surface area contributed by atoms with Crippen LogP contribution in [-0.2, 0) is 0 Å². The van der Waals surface area contributed by atoms with Gasteiger partial charge in [-0.1, -0.05) is 18.3 Å². The molecule has 0 unspecified atom stereocenters. The van der Waals surface area contributed by atoms with Crippen LogP contribution in [0.4, 0.5) is 11.5 Å². The van der Waals surface area contributed by atoms with Crippen molar-refractivity contribution >= 4 is 29.3 Å². The molecular weight excluding hydrogens is 172 g/mol. The lowest BCUT2D eigenvalue weighted by atomic mass is 10.3. The van der Waals surface area contributed by atoms with Gasteiger partial charge in [-0.2, -0.15) is 0 Å². The molecule has 4 nitrogen and oxygen atoms in total. The highest BCUT2D eigenvalue weighted by atomic mass is 32.2. The van der Waals surface area contributed by atoms with Gasteiger partial charge >= 0.3 is 0 Å². The van der Waals surface area contributed by atoms with Crippen molar-refractivity contribution in [2.24, 2.45) is 0 Å². The van der Waals surface area contributed by atoms with Gasteiger partial charge in [-0.3, -0.25) is 0 Å². The zero-order chi connectivity index (χ0) is 9.14. The van der Waals surface area contributed by atoms with E-state index >= 15 is 0 Å². The number of hydrogen-bond donors (Lipinski definition) is 2. The fourth-order valence-corrected chi connectivity index (χ4v) is 1.11. The van der Waals surface area contributed by atoms with Crippen molar-refractivity contribution in [2.75, 3.05) is 17.7 Å². The number of thioether (sulfide) groups is 1. The van der Waals surface area contributed by atoms with E-state index in [4.69, 9.17) is 11.5 Å². The van der Waals surface area contributed by atoms with Gasteiger partial charge in [0, 0.05) is 0 Å². The van der Waals surface area contributed by atoms with Gasteiger partial charge in [-0.25, -0.2) is 9.97 Å². The second-order valence-electron chi connectivity index (χ2n) is 2.10. The zero-order valence-electron chi connectivity index (χ0n) is 6.74. The van der Waals surface area contributed by atoms with Crippen LogP contribution < -0.4 is 11.5 Å². The van der Waals surface area contributed by atoms with Crippen LogP contribution in [0.15, 0.2) is 11.7 Å². The van der Waals surface area contributed by atoms with Crippen molar-refractivity contribution in [3.63, 3.8) is 0 Å². The lowest BCUT2D eigenvalue weighted by molar-refractivity contribution is 0.974. The molecule has 0 atom stereocenters. The molecule has 0 amide bonds. The van der Waals surface area contributed by atoms with Crippen LogP contribution in [0, 0.1) is 0 Å². The van der Waals surface area contributed by atoms with Gasteiger partial charge < -0.3 is 11.5 Å². The third kappa shape index (κ3) is 1.50. The first-order chi connectivity index (χ1) is 5.69. The van der Waals surface area contributed by atoms with Crippen LogP contribution >= 0.6 is 11.8 Å². The predicted octanol–water partition coefficient (Wildman–Crippen LogP) is 1.01. The maximum atomic E-state index is 5.59. The first-order valence-electron chi connectivity index (χ1n) is 3.28. The van der Waals surface area contributed by atoms with Crippen LogP contribution in [0.25, 0.3) is 6.08 Å². The summed E-state index contributed by atoms with van der Waals surface area (Å²) in [5.41, 5.74) is 12.1. The van der Waals surface area contributed by atoms with E-state index in [-0.39, 0.29) is 0 Å². The Morgan fingerprint density at radius 2 is 2.08 bits per heavy atom. The number of aromatic nitrogens is 2. The summed E-state index contributed by atoms with van der Waals surface area (Å²) in [5.74, 6) is 0.309. The monoisotopic (exact) mass is 182 g/mol. The van der Waals surface area contributed by atoms with Crippen molar-refractivity contribution in [2.45, 2.75) is 5.16 Å². The van der Waals surface area contributed by atoms with Crippen molar-refractivity contribution < 1.29 is 0 Å². The van der Waals surface area contributed by atoms with Gasteiger partial charge in [0.1, 0.15) is 5.69 Å². The predicted molar refractivity (Wildman–Crippen MR) is 52.7 cm³/mol. The first-order valence-corrected chi connectivity index (χ1v) is 4.51. The van der Waals surface area contributed by atoms with Crippen LogP contribution in [0.2, 0.25) is 0 Å². The van der Waals surface area contributed by atoms with Crippen LogP contribution in [0.3, 0.4) is 0 Å². The zero-order valence-corrected chi connectivity index (χ0v) is 7.56. The molecule has 0 aliphatic carbocycles. The average Bonchev–Trinajstić information content (AvgIpc) is 2.09. The minimum Gasteiger partial charge on any atom is -0.394 e. The summed E-state index contributed by atoms with van der Waals surface area (Å²) in [4.78, 5) is 8.06. The fraction of sp³-hybridized carbons (Fsp3) is 0.143. The quantitative estimate of drug-likeness (QED) is 0.527. The Bertz CT molecular complexity index is 311. The highest BCUT2D eigenvalue weighted by Gasteiger charge is 2.05. The summed E-state index contributed by atoms with van der Waals surface area (Å²) >= 11 is 1.42. The molecule has 0 saturated heterocycles. The molecule has 1 aromatic rings. The third-order valence-electron chi connectivity index (χ3n) is 1.36. The molecule has 1 heterocycles. The maximum Gasteiger partial charge on any atom is 0.189 e. The number of rotatable bonds is 2. The van der Waals surface area contributed by atoms with Gasteiger partial charge in [0.25, 0.3) is 0 Å². The Morgan fingerprint density at radius 3 is 2.58 bits per heavy atom. The van der Waals surface area contributed by atoms with Gasteiger partial charge in [-0.15, -0.1) is 0 Å². The Kier molecular flexibility index (Phi) is 2.54. The fourth-order valence-electron chi connectivity index (χ4n) is 0.730. The molecule has 1 aromatic heterocycles. The standard InChI is InChI=1S/C7H10N4S/c1-3-4-5(8)6(9)11-7(10-4)12-2/h3H,1,8H2,2H3,(H2,9,10,11). The SMILES string of the molecule is C=Cc1nc(SC)nc(N)c1N. The minimum absolute atomic E-state index is 0.309. The molecule has 12 heavy (non-hydrogen) atoms. The summed E-state index contributed by atoms with van der Waals surface area (Å²) in [6.07, 6.45) is 3.44. The molecule has 1 rings (SSSR count). The highest BCUT2D eigenvalue weighted by molar-refractivity contribution is 7.98. The molecule has 0 spiro atoms.